The number of hydrogen-bond donors (Lipinski definition) is 1. The second-order valence-corrected chi connectivity index (χ2v) is 7.31. The van der Waals surface area contributed by atoms with Crippen molar-refractivity contribution in [3.63, 3.8) is 0 Å². The Balaban J connectivity index is 1.73. The second-order valence-electron chi connectivity index (χ2n) is 7.31. The summed E-state index contributed by atoms with van der Waals surface area (Å²) >= 11 is 0. The number of nitrogens with zero attached hydrogens (tertiary/aromatic N) is 1. The fraction of sp³-hybridized carbons (Fsp3) is 0.500. The van der Waals surface area contributed by atoms with E-state index in [1.807, 2.05) is 0 Å². The van der Waals surface area contributed by atoms with Gasteiger partial charge in [-0.2, -0.15) is 0 Å². The minimum absolute atomic E-state index is 0.570. The average Bonchev–Trinajstić information content (AvgIpc) is 2.77. The Morgan fingerprint density at radius 2 is 2.14 bits per heavy atom. The van der Waals surface area contributed by atoms with Crippen molar-refractivity contribution in [2.75, 3.05) is 6.54 Å². The van der Waals surface area contributed by atoms with Gasteiger partial charge in [0.15, 0.2) is 0 Å². The SMILES string of the molecule is CC1CCC2C3=CNCC=C3N3C2=C1CC=C1C=CCCC13. The highest BCUT2D eigenvalue weighted by Gasteiger charge is 2.46. The predicted octanol–water partition coefficient (Wildman–Crippen LogP) is 4.02. The zero-order chi connectivity index (χ0) is 14.7. The molecule has 0 aromatic rings. The molecule has 1 N–H and O–H groups in total. The van der Waals surface area contributed by atoms with Crippen LogP contribution in [0.15, 0.2) is 58.6 Å². The van der Waals surface area contributed by atoms with Crippen molar-refractivity contribution >= 4 is 0 Å². The number of allylic oxidation sites excluding steroid dienone is 5. The summed E-state index contributed by atoms with van der Waals surface area (Å²) in [6.07, 6.45) is 18.3. The molecule has 0 saturated carbocycles. The Hall–Kier alpha value is -1.70. The number of dihydropyridines is 1. The second kappa shape index (κ2) is 4.65. The third kappa shape index (κ3) is 1.61. The van der Waals surface area contributed by atoms with Gasteiger partial charge < -0.3 is 10.2 Å². The van der Waals surface area contributed by atoms with Gasteiger partial charge in [-0.15, -0.1) is 0 Å². The van der Waals surface area contributed by atoms with Crippen molar-refractivity contribution in [1.82, 2.24) is 10.2 Å². The lowest BCUT2D eigenvalue weighted by Crippen LogP contribution is -2.34. The van der Waals surface area contributed by atoms with Crippen LogP contribution >= 0.6 is 0 Å². The minimum Gasteiger partial charge on any atom is -0.387 e. The highest BCUT2D eigenvalue weighted by atomic mass is 15.2. The number of hydrogen-bond acceptors (Lipinski definition) is 2. The predicted molar refractivity (Wildman–Crippen MR) is 89.8 cm³/mol. The topological polar surface area (TPSA) is 15.3 Å². The summed E-state index contributed by atoms with van der Waals surface area (Å²) in [4.78, 5) is 2.74. The minimum atomic E-state index is 0.570. The monoisotopic (exact) mass is 292 g/mol. The van der Waals surface area contributed by atoms with Crippen molar-refractivity contribution in [2.24, 2.45) is 11.8 Å². The summed E-state index contributed by atoms with van der Waals surface area (Å²) in [5.41, 5.74) is 8.00. The largest absolute Gasteiger partial charge is 0.387 e. The van der Waals surface area contributed by atoms with Crippen LogP contribution in [0.3, 0.4) is 0 Å². The van der Waals surface area contributed by atoms with Crippen molar-refractivity contribution in [2.45, 2.75) is 45.1 Å². The molecule has 0 amide bonds. The van der Waals surface area contributed by atoms with Crippen LogP contribution in [0.2, 0.25) is 0 Å². The molecule has 2 nitrogen and oxygen atoms in total. The van der Waals surface area contributed by atoms with Gasteiger partial charge in [-0.05, 0) is 55.2 Å². The lowest BCUT2D eigenvalue weighted by molar-refractivity contribution is 0.323. The third-order valence-corrected chi connectivity index (χ3v) is 6.17. The maximum atomic E-state index is 3.45. The number of fused-ring (bicyclic) bond motifs is 5. The van der Waals surface area contributed by atoms with Crippen LogP contribution in [0.5, 0.6) is 0 Å². The van der Waals surface area contributed by atoms with Crippen LogP contribution in [0.1, 0.15) is 39.0 Å². The Labute approximate surface area is 133 Å². The van der Waals surface area contributed by atoms with Gasteiger partial charge in [-0.25, -0.2) is 0 Å². The highest BCUT2D eigenvalue weighted by molar-refractivity contribution is 5.54. The molecule has 0 aromatic heterocycles. The van der Waals surface area contributed by atoms with Gasteiger partial charge >= 0.3 is 0 Å². The zero-order valence-electron chi connectivity index (χ0n) is 13.3. The Morgan fingerprint density at radius 3 is 3.09 bits per heavy atom. The first-order chi connectivity index (χ1) is 10.8. The van der Waals surface area contributed by atoms with Crippen molar-refractivity contribution in [3.05, 3.63) is 58.6 Å². The summed E-state index contributed by atoms with van der Waals surface area (Å²) < 4.78 is 0. The van der Waals surface area contributed by atoms with E-state index in [4.69, 9.17) is 0 Å². The van der Waals surface area contributed by atoms with Crippen LogP contribution < -0.4 is 5.32 Å². The van der Waals surface area contributed by atoms with E-state index < -0.39 is 0 Å². The quantitative estimate of drug-likeness (QED) is 0.725. The molecule has 5 aliphatic rings. The third-order valence-electron chi connectivity index (χ3n) is 6.17. The van der Waals surface area contributed by atoms with Gasteiger partial charge in [0.2, 0.25) is 0 Å². The van der Waals surface area contributed by atoms with E-state index in [1.54, 1.807) is 22.4 Å². The molecule has 0 bridgehead atoms. The standard InChI is InChI=1S/C20H24N2/c1-13-6-8-16-17-12-21-11-10-19(17)22-18-5-3-2-4-14(18)7-9-15(13)20(16)22/h2,4,7,10,12-13,16,18,21H,3,5-6,8-9,11H2,1H3. The van der Waals surface area contributed by atoms with E-state index in [2.05, 4.69) is 47.6 Å². The molecule has 3 unspecified atom stereocenters. The molecular formula is C20H24N2. The average molecular weight is 292 g/mol. The first-order valence-electron chi connectivity index (χ1n) is 8.87. The maximum Gasteiger partial charge on any atom is 0.0588 e. The van der Waals surface area contributed by atoms with Crippen LogP contribution in [-0.2, 0) is 0 Å². The van der Waals surface area contributed by atoms with Gasteiger partial charge in [0.25, 0.3) is 0 Å². The number of nitrogens with one attached hydrogen (secondary N) is 1. The first-order valence-corrected chi connectivity index (χ1v) is 8.87. The maximum absolute atomic E-state index is 3.45. The van der Waals surface area contributed by atoms with Gasteiger partial charge in [-0.1, -0.05) is 25.2 Å². The molecule has 0 radical (unpaired) electrons. The van der Waals surface area contributed by atoms with Crippen LogP contribution in [0, 0.1) is 11.8 Å². The smallest absolute Gasteiger partial charge is 0.0588 e. The molecule has 3 heterocycles. The van der Waals surface area contributed by atoms with E-state index in [0.29, 0.717) is 12.0 Å². The summed E-state index contributed by atoms with van der Waals surface area (Å²) in [7, 11) is 0. The molecule has 2 heteroatoms. The van der Waals surface area contributed by atoms with Gasteiger partial charge in [-0.3, -0.25) is 0 Å². The van der Waals surface area contributed by atoms with Crippen LogP contribution in [0.25, 0.3) is 0 Å². The zero-order valence-corrected chi connectivity index (χ0v) is 13.3. The normalized spacial score (nSPS) is 35.6. The number of rotatable bonds is 0. The van der Waals surface area contributed by atoms with Gasteiger partial charge in [0.05, 0.1) is 6.04 Å². The van der Waals surface area contributed by atoms with Gasteiger partial charge in [0, 0.05) is 35.6 Å². The Bertz CT molecular complexity index is 674. The Kier molecular flexibility index (Phi) is 2.70. The summed E-state index contributed by atoms with van der Waals surface area (Å²) in [6.45, 7) is 3.41. The molecule has 0 spiro atoms. The van der Waals surface area contributed by atoms with Gasteiger partial charge in [0.1, 0.15) is 0 Å². The summed E-state index contributed by atoms with van der Waals surface area (Å²) in [5, 5.41) is 3.45. The van der Waals surface area contributed by atoms with Crippen molar-refractivity contribution < 1.29 is 0 Å². The molecule has 22 heavy (non-hydrogen) atoms. The lowest BCUT2D eigenvalue weighted by Gasteiger charge is -2.37. The fourth-order valence-corrected chi connectivity index (χ4v) is 5.09. The molecule has 0 aromatic carbocycles. The van der Waals surface area contributed by atoms with E-state index in [1.165, 1.54) is 31.4 Å². The molecular weight excluding hydrogens is 268 g/mol. The van der Waals surface area contributed by atoms with Crippen LogP contribution in [-0.4, -0.2) is 17.5 Å². The molecule has 1 saturated heterocycles. The summed E-state index contributed by atoms with van der Waals surface area (Å²) in [5.74, 6) is 1.38. The fourth-order valence-electron chi connectivity index (χ4n) is 5.09. The first kappa shape index (κ1) is 12.8. The molecule has 1 fully saturated rings. The van der Waals surface area contributed by atoms with E-state index in [0.717, 1.165) is 18.9 Å². The Morgan fingerprint density at radius 1 is 1.18 bits per heavy atom. The highest BCUT2D eigenvalue weighted by Crippen LogP contribution is 2.54. The van der Waals surface area contributed by atoms with E-state index in [9.17, 15) is 0 Å². The summed E-state index contributed by atoms with van der Waals surface area (Å²) in [6, 6.07) is 0.570. The van der Waals surface area contributed by atoms with Crippen molar-refractivity contribution in [3.8, 4) is 0 Å². The van der Waals surface area contributed by atoms with Crippen LogP contribution in [0.4, 0.5) is 0 Å². The molecule has 2 aliphatic carbocycles. The van der Waals surface area contributed by atoms with E-state index in [-0.39, 0.29) is 0 Å². The lowest BCUT2D eigenvalue weighted by atomic mass is 9.78. The molecule has 3 atom stereocenters. The van der Waals surface area contributed by atoms with Crippen molar-refractivity contribution in [1.29, 1.82) is 0 Å². The molecule has 3 aliphatic heterocycles. The van der Waals surface area contributed by atoms with E-state index >= 15 is 0 Å². The molecule has 5 rings (SSSR count). The molecule has 114 valence electrons.